The SMILES string of the molecule is Cc1cc(F)ccc1NC(=O)[C@@H]1CCCN(C(=O)Nc2ccccc2)C1. The number of aryl methyl sites for hydroxylation is 1. The average Bonchev–Trinajstić information content (AvgIpc) is 2.65. The molecule has 1 fully saturated rings. The summed E-state index contributed by atoms with van der Waals surface area (Å²) in [6, 6.07) is 13.3. The molecule has 0 radical (unpaired) electrons. The number of urea groups is 1. The summed E-state index contributed by atoms with van der Waals surface area (Å²) < 4.78 is 13.2. The predicted octanol–water partition coefficient (Wildman–Crippen LogP) is 4.02. The Labute approximate surface area is 152 Å². The van der Waals surface area contributed by atoms with E-state index in [9.17, 15) is 14.0 Å². The van der Waals surface area contributed by atoms with Crippen molar-refractivity contribution in [1.29, 1.82) is 0 Å². The lowest BCUT2D eigenvalue weighted by molar-refractivity contribution is -0.121. The van der Waals surface area contributed by atoms with Crippen molar-refractivity contribution in [3.05, 3.63) is 59.9 Å². The monoisotopic (exact) mass is 355 g/mol. The number of nitrogens with zero attached hydrogens (tertiary/aromatic N) is 1. The van der Waals surface area contributed by atoms with Gasteiger partial charge in [-0.3, -0.25) is 4.79 Å². The molecule has 1 atom stereocenters. The first kappa shape index (κ1) is 17.9. The Kier molecular flexibility index (Phi) is 5.51. The van der Waals surface area contributed by atoms with Crippen molar-refractivity contribution in [3.63, 3.8) is 0 Å². The van der Waals surface area contributed by atoms with E-state index in [1.54, 1.807) is 17.9 Å². The number of anilines is 2. The fourth-order valence-electron chi connectivity index (χ4n) is 3.10. The van der Waals surface area contributed by atoms with Crippen molar-refractivity contribution in [2.45, 2.75) is 19.8 Å². The van der Waals surface area contributed by atoms with Gasteiger partial charge in [-0.05, 0) is 55.7 Å². The minimum Gasteiger partial charge on any atom is -0.326 e. The Morgan fingerprint density at radius 1 is 1.12 bits per heavy atom. The maximum Gasteiger partial charge on any atom is 0.321 e. The van der Waals surface area contributed by atoms with Crippen LogP contribution in [0.1, 0.15) is 18.4 Å². The first-order valence-corrected chi connectivity index (χ1v) is 8.71. The molecule has 0 saturated carbocycles. The summed E-state index contributed by atoms with van der Waals surface area (Å²) in [6.45, 7) is 2.74. The molecule has 2 aromatic carbocycles. The lowest BCUT2D eigenvalue weighted by atomic mass is 9.97. The van der Waals surface area contributed by atoms with Crippen LogP contribution in [-0.2, 0) is 4.79 Å². The molecule has 1 heterocycles. The van der Waals surface area contributed by atoms with Gasteiger partial charge in [-0.1, -0.05) is 18.2 Å². The second-order valence-corrected chi connectivity index (χ2v) is 6.53. The minimum absolute atomic E-state index is 0.142. The Morgan fingerprint density at radius 3 is 2.62 bits per heavy atom. The summed E-state index contributed by atoms with van der Waals surface area (Å²) >= 11 is 0. The molecule has 6 heteroatoms. The van der Waals surface area contributed by atoms with Crippen molar-refractivity contribution >= 4 is 23.3 Å². The highest BCUT2D eigenvalue weighted by atomic mass is 19.1. The zero-order valence-corrected chi connectivity index (χ0v) is 14.7. The Hall–Kier alpha value is -2.89. The topological polar surface area (TPSA) is 61.4 Å². The highest BCUT2D eigenvalue weighted by Gasteiger charge is 2.28. The van der Waals surface area contributed by atoms with E-state index in [4.69, 9.17) is 0 Å². The third-order valence-electron chi connectivity index (χ3n) is 4.55. The van der Waals surface area contributed by atoms with Gasteiger partial charge >= 0.3 is 6.03 Å². The quantitative estimate of drug-likeness (QED) is 0.874. The number of halogens is 1. The molecule has 1 aliphatic rings. The van der Waals surface area contributed by atoms with E-state index < -0.39 is 0 Å². The van der Waals surface area contributed by atoms with Crippen molar-refractivity contribution in [2.75, 3.05) is 23.7 Å². The van der Waals surface area contributed by atoms with E-state index in [1.807, 2.05) is 30.3 Å². The van der Waals surface area contributed by atoms with E-state index in [0.717, 1.165) is 18.5 Å². The van der Waals surface area contributed by atoms with Crippen LogP contribution in [0.2, 0.25) is 0 Å². The molecular formula is C20H22FN3O2. The van der Waals surface area contributed by atoms with Gasteiger partial charge < -0.3 is 15.5 Å². The van der Waals surface area contributed by atoms with Crippen molar-refractivity contribution in [1.82, 2.24) is 4.90 Å². The molecule has 5 nitrogen and oxygen atoms in total. The molecule has 136 valence electrons. The Balaban J connectivity index is 1.60. The van der Waals surface area contributed by atoms with Crippen LogP contribution >= 0.6 is 0 Å². The number of para-hydroxylation sites is 1. The summed E-state index contributed by atoms with van der Waals surface area (Å²) in [5.41, 5.74) is 2.00. The van der Waals surface area contributed by atoms with Gasteiger partial charge in [-0.2, -0.15) is 0 Å². The molecule has 26 heavy (non-hydrogen) atoms. The zero-order valence-electron chi connectivity index (χ0n) is 14.7. The molecule has 2 aromatic rings. The first-order chi connectivity index (χ1) is 12.5. The second-order valence-electron chi connectivity index (χ2n) is 6.53. The fraction of sp³-hybridized carbons (Fsp3) is 0.300. The summed E-state index contributed by atoms with van der Waals surface area (Å²) in [4.78, 5) is 26.7. The van der Waals surface area contributed by atoms with Crippen LogP contribution in [-0.4, -0.2) is 29.9 Å². The first-order valence-electron chi connectivity index (χ1n) is 8.71. The van der Waals surface area contributed by atoms with E-state index in [2.05, 4.69) is 10.6 Å². The molecule has 0 spiro atoms. The Bertz CT molecular complexity index is 795. The van der Waals surface area contributed by atoms with E-state index in [1.165, 1.54) is 12.1 Å². The number of likely N-dealkylation sites (tertiary alicyclic amines) is 1. The van der Waals surface area contributed by atoms with Gasteiger partial charge in [-0.15, -0.1) is 0 Å². The van der Waals surface area contributed by atoms with Gasteiger partial charge in [0.15, 0.2) is 0 Å². The number of benzene rings is 2. The van der Waals surface area contributed by atoms with Gasteiger partial charge in [0.1, 0.15) is 5.82 Å². The summed E-state index contributed by atoms with van der Waals surface area (Å²) in [5, 5.41) is 5.70. The van der Waals surface area contributed by atoms with Crippen LogP contribution in [0.25, 0.3) is 0 Å². The van der Waals surface area contributed by atoms with Crippen LogP contribution in [0, 0.1) is 18.7 Å². The maximum atomic E-state index is 13.2. The molecule has 0 aromatic heterocycles. The maximum absolute atomic E-state index is 13.2. The number of amides is 3. The number of hydrogen-bond acceptors (Lipinski definition) is 2. The number of piperidine rings is 1. The molecular weight excluding hydrogens is 333 g/mol. The molecule has 0 unspecified atom stereocenters. The number of nitrogens with one attached hydrogen (secondary N) is 2. The smallest absolute Gasteiger partial charge is 0.321 e. The van der Waals surface area contributed by atoms with Crippen LogP contribution in [0.3, 0.4) is 0 Å². The molecule has 0 aliphatic carbocycles. The molecule has 1 saturated heterocycles. The fourth-order valence-corrected chi connectivity index (χ4v) is 3.10. The molecule has 2 N–H and O–H groups in total. The van der Waals surface area contributed by atoms with Crippen molar-refractivity contribution < 1.29 is 14.0 Å². The van der Waals surface area contributed by atoms with E-state index in [-0.39, 0.29) is 23.7 Å². The lowest BCUT2D eigenvalue weighted by Gasteiger charge is -2.32. The highest BCUT2D eigenvalue weighted by Crippen LogP contribution is 2.22. The van der Waals surface area contributed by atoms with Crippen molar-refractivity contribution in [3.8, 4) is 0 Å². The van der Waals surface area contributed by atoms with Crippen LogP contribution in [0.15, 0.2) is 48.5 Å². The van der Waals surface area contributed by atoms with E-state index >= 15 is 0 Å². The highest BCUT2D eigenvalue weighted by molar-refractivity contribution is 5.94. The third-order valence-corrected chi connectivity index (χ3v) is 4.55. The summed E-state index contributed by atoms with van der Waals surface area (Å²) in [7, 11) is 0. The van der Waals surface area contributed by atoms with Crippen LogP contribution < -0.4 is 10.6 Å². The number of rotatable bonds is 3. The van der Waals surface area contributed by atoms with Gasteiger partial charge in [0.2, 0.25) is 5.91 Å². The average molecular weight is 355 g/mol. The number of carbonyl (C=O) groups excluding carboxylic acids is 2. The van der Waals surface area contributed by atoms with Crippen LogP contribution in [0.4, 0.5) is 20.6 Å². The second kappa shape index (κ2) is 7.99. The lowest BCUT2D eigenvalue weighted by Crippen LogP contribution is -2.45. The molecule has 3 rings (SSSR count). The predicted molar refractivity (Wildman–Crippen MR) is 99.5 cm³/mol. The summed E-state index contributed by atoms with van der Waals surface area (Å²) in [6.07, 6.45) is 1.49. The molecule has 3 amide bonds. The molecule has 1 aliphatic heterocycles. The number of carbonyl (C=O) groups is 2. The minimum atomic E-state index is -0.332. The summed E-state index contributed by atoms with van der Waals surface area (Å²) in [5.74, 6) is -0.756. The van der Waals surface area contributed by atoms with Gasteiger partial charge in [0.25, 0.3) is 0 Å². The van der Waals surface area contributed by atoms with Crippen LogP contribution in [0.5, 0.6) is 0 Å². The standard InChI is InChI=1S/C20H22FN3O2/c1-14-12-16(21)9-10-18(14)23-19(25)15-6-5-11-24(13-15)20(26)22-17-7-3-2-4-8-17/h2-4,7-10,12,15H,5-6,11,13H2,1H3,(H,22,26)(H,23,25)/t15-/m1/s1. The van der Waals surface area contributed by atoms with Gasteiger partial charge in [0, 0.05) is 24.5 Å². The normalized spacial score (nSPS) is 16.8. The molecule has 0 bridgehead atoms. The van der Waals surface area contributed by atoms with Gasteiger partial charge in [0.05, 0.1) is 5.92 Å². The third kappa shape index (κ3) is 4.39. The zero-order chi connectivity index (χ0) is 18.5. The largest absolute Gasteiger partial charge is 0.326 e. The van der Waals surface area contributed by atoms with Crippen molar-refractivity contribution in [2.24, 2.45) is 5.92 Å². The van der Waals surface area contributed by atoms with E-state index in [0.29, 0.717) is 24.3 Å². The number of hydrogen-bond donors (Lipinski definition) is 2. The Morgan fingerprint density at radius 2 is 1.88 bits per heavy atom. The van der Waals surface area contributed by atoms with Gasteiger partial charge in [-0.25, -0.2) is 9.18 Å².